The lowest BCUT2D eigenvalue weighted by atomic mass is 10.0. The highest BCUT2D eigenvalue weighted by molar-refractivity contribution is 7.45. The van der Waals surface area contributed by atoms with Gasteiger partial charge in [0.1, 0.15) is 13.2 Å². The van der Waals surface area contributed by atoms with Gasteiger partial charge in [0.05, 0.1) is 39.9 Å². The van der Waals surface area contributed by atoms with Crippen molar-refractivity contribution >= 4 is 13.7 Å². The van der Waals surface area contributed by atoms with E-state index in [9.17, 15) is 19.4 Å². The summed E-state index contributed by atoms with van der Waals surface area (Å²) < 4.78 is 23.2. The summed E-state index contributed by atoms with van der Waals surface area (Å²) in [5, 5.41) is 13.7. The van der Waals surface area contributed by atoms with Crippen LogP contribution in [0, 0.1) is 0 Å². The average molecular weight is 745 g/mol. The molecule has 0 radical (unpaired) electrons. The van der Waals surface area contributed by atoms with Crippen LogP contribution >= 0.6 is 7.82 Å². The summed E-state index contributed by atoms with van der Waals surface area (Å²) in [5.41, 5.74) is 0. The number of amides is 1. The number of aliphatic hydroxyl groups is 1. The summed E-state index contributed by atoms with van der Waals surface area (Å²) in [6, 6.07) is -0.878. The lowest BCUT2D eigenvalue weighted by Crippen LogP contribution is -2.45. The van der Waals surface area contributed by atoms with E-state index in [2.05, 4.69) is 19.2 Å². The van der Waals surface area contributed by atoms with Crippen molar-refractivity contribution in [3.8, 4) is 0 Å². The molecule has 8 nitrogen and oxygen atoms in total. The maximum Gasteiger partial charge on any atom is 0.268 e. The number of likely N-dealkylation sites (N-methyl/N-ethyl adjacent to an activating group) is 1. The Labute approximate surface area is 316 Å². The average Bonchev–Trinajstić information content (AvgIpc) is 3.07. The second-order valence-corrected chi connectivity index (χ2v) is 17.5. The van der Waals surface area contributed by atoms with Crippen LogP contribution in [0.1, 0.15) is 200 Å². The van der Waals surface area contributed by atoms with Gasteiger partial charge in [0.25, 0.3) is 7.82 Å². The number of carbonyl (C=O) groups excluding carboxylic acids is 1. The smallest absolute Gasteiger partial charge is 0.268 e. The molecular formula is C42H85N2O6P. The maximum atomic E-state index is 12.8. The Bertz CT molecular complexity index is 850. The second-order valence-electron chi connectivity index (χ2n) is 16.1. The first-order valence-electron chi connectivity index (χ1n) is 21.6. The summed E-state index contributed by atoms with van der Waals surface area (Å²) in [5.74, 6) is -0.196. The topological polar surface area (TPSA) is 108 Å². The van der Waals surface area contributed by atoms with Gasteiger partial charge in [0, 0.05) is 6.42 Å². The summed E-state index contributed by atoms with van der Waals surface area (Å²) in [6.07, 6.45) is 38.2. The molecule has 0 saturated carbocycles. The van der Waals surface area contributed by atoms with Gasteiger partial charge in [-0.3, -0.25) is 9.36 Å². The van der Waals surface area contributed by atoms with Gasteiger partial charge < -0.3 is 28.8 Å². The van der Waals surface area contributed by atoms with Gasteiger partial charge in [-0.15, -0.1) is 0 Å². The molecule has 0 aromatic heterocycles. The van der Waals surface area contributed by atoms with E-state index in [1.165, 1.54) is 141 Å². The first kappa shape index (κ1) is 50.2. The molecule has 0 fully saturated rings. The minimum Gasteiger partial charge on any atom is -0.756 e. The van der Waals surface area contributed by atoms with Crippen LogP contribution in [0.3, 0.4) is 0 Å². The Morgan fingerprint density at radius 2 is 1.06 bits per heavy atom. The quantitative estimate of drug-likeness (QED) is 0.0281. The standard InChI is InChI=1S/C42H85N2O6P/c1-6-8-10-12-14-16-18-20-21-22-24-26-28-30-32-34-36-42(46)43-40(39-50-51(47,48)49-38-37-44(3,4)5)41(45)35-33-31-29-27-25-23-19-17-15-13-11-9-7-2/h33,35,40-41,45H,6-32,34,36-39H2,1-5H3,(H-,43,46,47,48)/b35-33+/t40-,41+/m1/s1. The van der Waals surface area contributed by atoms with Crippen molar-refractivity contribution < 1.29 is 32.9 Å². The fourth-order valence-corrected chi connectivity index (χ4v) is 6.99. The zero-order valence-electron chi connectivity index (χ0n) is 34.3. The Morgan fingerprint density at radius 3 is 1.47 bits per heavy atom. The van der Waals surface area contributed by atoms with Crippen LogP contribution < -0.4 is 10.2 Å². The number of hydrogen-bond acceptors (Lipinski definition) is 6. The van der Waals surface area contributed by atoms with Crippen molar-refractivity contribution in [2.24, 2.45) is 0 Å². The van der Waals surface area contributed by atoms with Crippen LogP contribution in [0.25, 0.3) is 0 Å². The van der Waals surface area contributed by atoms with E-state index in [1.54, 1.807) is 6.08 Å². The van der Waals surface area contributed by atoms with Crippen LogP contribution in [0.4, 0.5) is 0 Å². The first-order chi connectivity index (χ1) is 24.5. The van der Waals surface area contributed by atoms with E-state index in [4.69, 9.17) is 9.05 Å². The Kier molecular flexibility index (Phi) is 34.5. The first-order valence-corrected chi connectivity index (χ1v) is 23.0. The number of allylic oxidation sites excluding steroid dienone is 1. The molecular weight excluding hydrogens is 659 g/mol. The molecule has 0 aliphatic rings. The molecule has 0 heterocycles. The van der Waals surface area contributed by atoms with Crippen molar-refractivity contribution in [1.29, 1.82) is 0 Å². The molecule has 0 aromatic rings. The fraction of sp³-hybridized carbons (Fsp3) is 0.929. The highest BCUT2D eigenvalue weighted by Crippen LogP contribution is 2.38. The molecule has 0 spiro atoms. The SMILES string of the molecule is CCCCCCCCCCCCC/C=C/[C@H](O)[C@@H](COP(=O)([O-])OCC[N+](C)(C)C)NC(=O)CCCCCCCCCCCCCCCCCC. The van der Waals surface area contributed by atoms with Crippen molar-refractivity contribution in [3.05, 3.63) is 12.2 Å². The molecule has 1 amide bonds. The summed E-state index contributed by atoms with van der Waals surface area (Å²) in [7, 11) is 1.27. The van der Waals surface area contributed by atoms with E-state index < -0.39 is 20.0 Å². The van der Waals surface area contributed by atoms with Crippen LogP contribution in [0.15, 0.2) is 12.2 Å². The van der Waals surface area contributed by atoms with Crippen molar-refractivity contribution in [1.82, 2.24) is 5.32 Å². The number of phosphoric acid groups is 1. The lowest BCUT2D eigenvalue weighted by molar-refractivity contribution is -0.870. The van der Waals surface area contributed by atoms with E-state index >= 15 is 0 Å². The normalized spacial score (nSPS) is 14.6. The van der Waals surface area contributed by atoms with Crippen LogP contribution in [-0.2, 0) is 18.4 Å². The zero-order valence-corrected chi connectivity index (χ0v) is 35.2. The van der Waals surface area contributed by atoms with Gasteiger partial charge in [-0.2, -0.15) is 0 Å². The van der Waals surface area contributed by atoms with E-state index in [1.807, 2.05) is 27.2 Å². The monoisotopic (exact) mass is 745 g/mol. The third kappa shape index (κ3) is 37.4. The number of carbonyl (C=O) groups is 1. The van der Waals surface area contributed by atoms with Crippen molar-refractivity contribution in [3.63, 3.8) is 0 Å². The predicted molar refractivity (Wildman–Crippen MR) is 215 cm³/mol. The molecule has 0 rings (SSSR count). The Morgan fingerprint density at radius 1 is 0.667 bits per heavy atom. The molecule has 1 unspecified atom stereocenters. The maximum absolute atomic E-state index is 12.8. The van der Waals surface area contributed by atoms with Gasteiger partial charge >= 0.3 is 0 Å². The number of unbranched alkanes of at least 4 members (excludes halogenated alkanes) is 26. The van der Waals surface area contributed by atoms with Gasteiger partial charge in [-0.25, -0.2) is 0 Å². The van der Waals surface area contributed by atoms with Crippen LogP contribution in [-0.4, -0.2) is 68.5 Å². The second kappa shape index (κ2) is 35.0. The largest absolute Gasteiger partial charge is 0.756 e. The molecule has 51 heavy (non-hydrogen) atoms. The van der Waals surface area contributed by atoms with E-state index in [0.717, 1.165) is 38.5 Å². The third-order valence-electron chi connectivity index (χ3n) is 9.75. The number of hydrogen-bond donors (Lipinski definition) is 2. The highest BCUT2D eigenvalue weighted by Gasteiger charge is 2.23. The number of nitrogens with one attached hydrogen (secondary N) is 1. The lowest BCUT2D eigenvalue weighted by Gasteiger charge is -2.29. The number of phosphoric ester groups is 1. The molecule has 9 heteroatoms. The fourth-order valence-electron chi connectivity index (χ4n) is 6.27. The Hall–Kier alpha value is -0.760. The molecule has 2 N–H and O–H groups in total. The number of nitrogens with zero attached hydrogens (tertiary/aromatic N) is 1. The van der Waals surface area contributed by atoms with Crippen LogP contribution in [0.2, 0.25) is 0 Å². The number of rotatable bonds is 39. The van der Waals surface area contributed by atoms with E-state index in [-0.39, 0.29) is 19.1 Å². The number of quaternary nitrogens is 1. The van der Waals surface area contributed by atoms with E-state index in [0.29, 0.717) is 17.4 Å². The molecule has 0 aromatic carbocycles. The number of aliphatic hydroxyl groups excluding tert-OH is 1. The van der Waals surface area contributed by atoms with Crippen molar-refractivity contribution in [2.45, 2.75) is 212 Å². The Balaban J connectivity index is 4.41. The molecule has 0 bridgehead atoms. The van der Waals surface area contributed by atoms with Gasteiger partial charge in [-0.05, 0) is 19.3 Å². The zero-order chi connectivity index (χ0) is 37.9. The van der Waals surface area contributed by atoms with Crippen LogP contribution in [0.5, 0.6) is 0 Å². The molecule has 0 aliphatic heterocycles. The van der Waals surface area contributed by atoms with Gasteiger partial charge in [-0.1, -0.05) is 187 Å². The predicted octanol–water partition coefficient (Wildman–Crippen LogP) is 10.9. The van der Waals surface area contributed by atoms with Gasteiger partial charge in [0.2, 0.25) is 5.91 Å². The summed E-state index contributed by atoms with van der Waals surface area (Å²) >= 11 is 0. The third-order valence-corrected chi connectivity index (χ3v) is 10.7. The minimum atomic E-state index is -4.58. The highest BCUT2D eigenvalue weighted by atomic mass is 31.2. The van der Waals surface area contributed by atoms with Gasteiger partial charge in [0.15, 0.2) is 0 Å². The molecule has 3 atom stereocenters. The summed E-state index contributed by atoms with van der Waals surface area (Å²) in [6.45, 7) is 4.65. The molecule has 0 saturated heterocycles. The minimum absolute atomic E-state index is 0.00196. The summed E-state index contributed by atoms with van der Waals surface area (Å²) in [4.78, 5) is 25.2. The molecule has 0 aliphatic carbocycles. The molecule has 304 valence electrons. The van der Waals surface area contributed by atoms with Crippen molar-refractivity contribution in [2.75, 3.05) is 40.9 Å².